The molecule has 0 aromatic heterocycles. The van der Waals surface area contributed by atoms with Crippen molar-refractivity contribution in [3.63, 3.8) is 0 Å². The molecule has 0 aliphatic heterocycles. The summed E-state index contributed by atoms with van der Waals surface area (Å²) in [6.45, 7) is 0.462. The van der Waals surface area contributed by atoms with E-state index in [0.29, 0.717) is 16.7 Å². The van der Waals surface area contributed by atoms with E-state index >= 15 is 0 Å². The van der Waals surface area contributed by atoms with Crippen molar-refractivity contribution in [3.05, 3.63) is 57.8 Å². The Bertz CT molecular complexity index is 687. The smallest absolute Gasteiger partial charge is 0.253 e. The van der Waals surface area contributed by atoms with Crippen LogP contribution in [0.3, 0.4) is 0 Å². The Morgan fingerprint density at radius 1 is 1.27 bits per heavy atom. The van der Waals surface area contributed by atoms with Gasteiger partial charge in [-0.05, 0) is 29.8 Å². The van der Waals surface area contributed by atoms with Crippen LogP contribution < -0.4 is 16.0 Å². The Kier molecular flexibility index (Phi) is 5.03. The number of hydrogen-bond donors (Lipinski definition) is 2. The normalized spacial score (nSPS) is 10.4. The van der Waals surface area contributed by atoms with Gasteiger partial charge in [-0.3, -0.25) is 4.79 Å². The molecule has 0 atom stereocenters. The predicted octanol–water partition coefficient (Wildman–Crippen LogP) is 3.37. The Morgan fingerprint density at radius 2 is 1.91 bits per heavy atom. The zero-order valence-corrected chi connectivity index (χ0v) is 13.9. The Hall–Kier alpha value is -2.08. The van der Waals surface area contributed by atoms with Crippen LogP contribution in [-0.4, -0.2) is 20.0 Å². The summed E-state index contributed by atoms with van der Waals surface area (Å²) in [6.07, 6.45) is 0. The van der Waals surface area contributed by atoms with Crippen molar-refractivity contribution in [1.29, 1.82) is 0 Å². The number of nitrogens with two attached hydrogens (primary N) is 1. The van der Waals surface area contributed by atoms with Gasteiger partial charge in [-0.2, -0.15) is 0 Å². The topological polar surface area (TPSA) is 58.4 Å². The number of anilines is 2. The van der Waals surface area contributed by atoms with E-state index in [0.717, 1.165) is 11.3 Å². The first kappa shape index (κ1) is 16.3. The molecule has 0 aliphatic carbocycles. The van der Waals surface area contributed by atoms with Gasteiger partial charge in [0.1, 0.15) is 5.82 Å². The fourth-order valence-corrected chi connectivity index (χ4v) is 2.50. The second-order valence-electron chi connectivity index (χ2n) is 5.09. The lowest BCUT2D eigenvalue weighted by Gasteiger charge is -2.14. The third-order valence-corrected chi connectivity index (χ3v) is 3.69. The van der Waals surface area contributed by atoms with Crippen LogP contribution in [0.25, 0.3) is 0 Å². The maximum Gasteiger partial charge on any atom is 0.253 e. The van der Waals surface area contributed by atoms with Crippen molar-refractivity contribution in [2.75, 3.05) is 24.3 Å². The van der Waals surface area contributed by atoms with E-state index in [1.807, 2.05) is 43.3 Å². The molecule has 0 saturated heterocycles. The van der Waals surface area contributed by atoms with Crippen molar-refractivity contribution in [3.8, 4) is 0 Å². The predicted molar refractivity (Wildman–Crippen MR) is 90.7 cm³/mol. The van der Waals surface area contributed by atoms with Crippen LogP contribution >= 0.6 is 15.9 Å². The first-order chi connectivity index (χ1) is 10.4. The molecule has 6 heteroatoms. The van der Waals surface area contributed by atoms with Gasteiger partial charge in [0, 0.05) is 30.8 Å². The highest BCUT2D eigenvalue weighted by molar-refractivity contribution is 9.10. The van der Waals surface area contributed by atoms with Crippen LogP contribution in [0.1, 0.15) is 15.9 Å². The molecule has 0 spiro atoms. The number of carbonyl (C=O) groups is 1. The molecule has 0 fully saturated rings. The standard InChI is InChI=1S/C16H17BrFN3O/c1-21(2)12-5-3-10(4-6-12)9-20-14-8-11(17)7-13(18)15(14)16(19)22/h3-8,20H,9H2,1-2H3,(H2,19,22). The molecule has 0 aliphatic rings. The minimum absolute atomic E-state index is 0.131. The average molecular weight is 366 g/mol. The molecule has 116 valence electrons. The second-order valence-corrected chi connectivity index (χ2v) is 6.00. The highest BCUT2D eigenvalue weighted by Gasteiger charge is 2.15. The highest BCUT2D eigenvalue weighted by atomic mass is 79.9. The minimum atomic E-state index is -0.796. The molecule has 22 heavy (non-hydrogen) atoms. The maximum absolute atomic E-state index is 13.9. The van der Waals surface area contributed by atoms with Crippen LogP contribution in [0.15, 0.2) is 40.9 Å². The van der Waals surface area contributed by atoms with Crippen LogP contribution in [0.4, 0.5) is 15.8 Å². The van der Waals surface area contributed by atoms with E-state index in [2.05, 4.69) is 21.2 Å². The number of benzene rings is 2. The number of hydrogen-bond acceptors (Lipinski definition) is 3. The quantitative estimate of drug-likeness (QED) is 0.853. The molecule has 0 unspecified atom stereocenters. The van der Waals surface area contributed by atoms with E-state index in [1.165, 1.54) is 6.07 Å². The second kappa shape index (κ2) is 6.79. The Balaban J connectivity index is 2.19. The van der Waals surface area contributed by atoms with E-state index in [4.69, 9.17) is 5.73 Å². The summed E-state index contributed by atoms with van der Waals surface area (Å²) in [6, 6.07) is 10.8. The van der Waals surface area contributed by atoms with Crippen LogP contribution in [0.2, 0.25) is 0 Å². The molecule has 4 nitrogen and oxygen atoms in total. The number of halogens is 2. The van der Waals surface area contributed by atoms with Gasteiger partial charge >= 0.3 is 0 Å². The fraction of sp³-hybridized carbons (Fsp3) is 0.188. The van der Waals surface area contributed by atoms with E-state index in [-0.39, 0.29) is 5.56 Å². The van der Waals surface area contributed by atoms with Crippen LogP contribution in [0.5, 0.6) is 0 Å². The summed E-state index contributed by atoms with van der Waals surface area (Å²) >= 11 is 3.21. The zero-order chi connectivity index (χ0) is 16.3. The van der Waals surface area contributed by atoms with E-state index < -0.39 is 11.7 Å². The van der Waals surface area contributed by atoms with Crippen molar-refractivity contribution < 1.29 is 9.18 Å². The highest BCUT2D eigenvalue weighted by Crippen LogP contribution is 2.25. The number of carbonyl (C=O) groups excluding carboxylic acids is 1. The van der Waals surface area contributed by atoms with Gasteiger partial charge < -0.3 is 16.0 Å². The maximum atomic E-state index is 13.9. The van der Waals surface area contributed by atoms with Crippen LogP contribution in [-0.2, 0) is 6.54 Å². The van der Waals surface area contributed by atoms with Crippen LogP contribution in [0, 0.1) is 5.82 Å². The average Bonchev–Trinajstić information content (AvgIpc) is 2.44. The number of amides is 1. The SMILES string of the molecule is CN(C)c1ccc(CNc2cc(Br)cc(F)c2C(N)=O)cc1. The molecule has 0 saturated carbocycles. The molecule has 2 rings (SSSR count). The van der Waals surface area contributed by atoms with E-state index in [9.17, 15) is 9.18 Å². The number of rotatable bonds is 5. The van der Waals surface area contributed by atoms with Gasteiger partial charge in [-0.25, -0.2) is 4.39 Å². The molecule has 3 N–H and O–H groups in total. The molecule has 1 amide bonds. The molecular formula is C16H17BrFN3O. The third-order valence-electron chi connectivity index (χ3n) is 3.24. The number of primary amides is 1. The molecule has 0 heterocycles. The fourth-order valence-electron chi connectivity index (χ4n) is 2.07. The summed E-state index contributed by atoms with van der Waals surface area (Å²) < 4.78 is 14.4. The third kappa shape index (κ3) is 3.76. The summed E-state index contributed by atoms with van der Waals surface area (Å²) in [5, 5.41) is 3.06. The summed E-state index contributed by atoms with van der Waals surface area (Å²) in [7, 11) is 3.94. The van der Waals surface area contributed by atoms with Crippen molar-refractivity contribution >= 4 is 33.2 Å². The zero-order valence-electron chi connectivity index (χ0n) is 12.4. The molecule has 0 radical (unpaired) electrons. The van der Waals surface area contributed by atoms with Gasteiger partial charge in [0.15, 0.2) is 0 Å². The van der Waals surface area contributed by atoms with E-state index in [1.54, 1.807) is 6.07 Å². The van der Waals surface area contributed by atoms with Gasteiger partial charge in [-0.15, -0.1) is 0 Å². The first-order valence-electron chi connectivity index (χ1n) is 6.67. The largest absolute Gasteiger partial charge is 0.380 e. The lowest BCUT2D eigenvalue weighted by Crippen LogP contribution is -2.16. The van der Waals surface area contributed by atoms with Gasteiger partial charge in [0.2, 0.25) is 0 Å². The molecule has 2 aromatic carbocycles. The molecule has 2 aromatic rings. The minimum Gasteiger partial charge on any atom is -0.380 e. The van der Waals surface area contributed by atoms with Gasteiger partial charge in [-0.1, -0.05) is 28.1 Å². The first-order valence-corrected chi connectivity index (χ1v) is 7.46. The number of nitrogens with zero attached hydrogens (tertiary/aromatic N) is 1. The number of nitrogens with one attached hydrogen (secondary N) is 1. The Labute approximate surface area is 137 Å². The summed E-state index contributed by atoms with van der Waals surface area (Å²) in [4.78, 5) is 13.4. The Morgan fingerprint density at radius 3 is 2.45 bits per heavy atom. The van der Waals surface area contributed by atoms with Crippen molar-refractivity contribution in [1.82, 2.24) is 0 Å². The summed E-state index contributed by atoms with van der Waals surface area (Å²) in [5.74, 6) is -1.44. The van der Waals surface area contributed by atoms with Gasteiger partial charge in [0.05, 0.1) is 11.3 Å². The van der Waals surface area contributed by atoms with Gasteiger partial charge in [0.25, 0.3) is 5.91 Å². The lowest BCUT2D eigenvalue weighted by molar-refractivity contribution is 0.0997. The molecule has 0 bridgehead atoms. The monoisotopic (exact) mass is 365 g/mol. The van der Waals surface area contributed by atoms with Crippen molar-refractivity contribution in [2.24, 2.45) is 5.73 Å². The summed E-state index contributed by atoms with van der Waals surface area (Å²) in [5.41, 5.74) is 7.60. The molecular weight excluding hydrogens is 349 g/mol. The lowest BCUT2D eigenvalue weighted by atomic mass is 10.1. The van der Waals surface area contributed by atoms with Crippen molar-refractivity contribution in [2.45, 2.75) is 6.54 Å².